The van der Waals surface area contributed by atoms with E-state index < -0.39 is 0 Å². The summed E-state index contributed by atoms with van der Waals surface area (Å²) in [4.78, 5) is 4.76. The lowest BCUT2D eigenvalue weighted by atomic mass is 10.2. The first-order valence-corrected chi connectivity index (χ1v) is 8.81. The second-order valence-electron chi connectivity index (χ2n) is 5.95. The van der Waals surface area contributed by atoms with Crippen molar-refractivity contribution in [1.29, 1.82) is 5.26 Å². The summed E-state index contributed by atoms with van der Waals surface area (Å²) in [7, 11) is 0. The van der Waals surface area contributed by atoms with Crippen molar-refractivity contribution >= 4 is 34.2 Å². The topological polar surface area (TPSA) is 41.6 Å². The molecule has 0 spiro atoms. The zero-order valence-electron chi connectivity index (χ0n) is 13.7. The van der Waals surface area contributed by atoms with Crippen LogP contribution in [0.5, 0.6) is 0 Å². The molecule has 0 saturated heterocycles. The maximum Gasteiger partial charge on any atom is 0.142 e. The second kappa shape index (κ2) is 6.84. The van der Waals surface area contributed by atoms with Crippen molar-refractivity contribution in [3.8, 4) is 17.5 Å². The number of fused-ring (bicyclic) bond motifs is 1. The zero-order chi connectivity index (χ0) is 18.1. The summed E-state index contributed by atoms with van der Waals surface area (Å²) in [5.74, 6) is 0.751. The molecular weight excluding hydrogens is 365 g/mol. The van der Waals surface area contributed by atoms with Gasteiger partial charge in [0.05, 0.1) is 27.7 Å². The maximum absolute atomic E-state index is 9.18. The largest absolute Gasteiger partial charge is 0.319 e. The fourth-order valence-electron chi connectivity index (χ4n) is 3.00. The lowest BCUT2D eigenvalue weighted by Crippen LogP contribution is -2.02. The average molecular weight is 378 g/mol. The Hall–Kier alpha value is -2.80. The van der Waals surface area contributed by atoms with Gasteiger partial charge < -0.3 is 4.57 Å². The molecular formula is C21H13Cl2N3. The Morgan fingerprint density at radius 3 is 2.50 bits per heavy atom. The smallest absolute Gasteiger partial charge is 0.142 e. The molecule has 4 aromatic rings. The van der Waals surface area contributed by atoms with Gasteiger partial charge in [0.1, 0.15) is 5.82 Å². The predicted molar refractivity (Wildman–Crippen MR) is 105 cm³/mol. The quantitative estimate of drug-likeness (QED) is 0.443. The van der Waals surface area contributed by atoms with E-state index in [1.165, 1.54) is 0 Å². The fourth-order valence-corrected chi connectivity index (χ4v) is 3.49. The van der Waals surface area contributed by atoms with E-state index in [-0.39, 0.29) is 0 Å². The van der Waals surface area contributed by atoms with Gasteiger partial charge in [-0.2, -0.15) is 5.26 Å². The van der Waals surface area contributed by atoms with Gasteiger partial charge in [-0.05, 0) is 42.0 Å². The molecule has 0 radical (unpaired) electrons. The van der Waals surface area contributed by atoms with E-state index in [1.807, 2.05) is 30.3 Å². The minimum Gasteiger partial charge on any atom is -0.319 e. The number of rotatable bonds is 3. The van der Waals surface area contributed by atoms with Crippen LogP contribution in [-0.4, -0.2) is 9.55 Å². The van der Waals surface area contributed by atoms with Gasteiger partial charge >= 0.3 is 0 Å². The number of benzene rings is 3. The first-order valence-electron chi connectivity index (χ1n) is 8.05. The summed E-state index contributed by atoms with van der Waals surface area (Å²) in [6, 6.07) is 23.2. The average Bonchev–Trinajstić information content (AvgIpc) is 3.00. The van der Waals surface area contributed by atoms with Gasteiger partial charge in [0.2, 0.25) is 0 Å². The van der Waals surface area contributed by atoms with Crippen LogP contribution in [0.25, 0.3) is 22.4 Å². The predicted octanol–water partition coefficient (Wildman–Crippen LogP) is 5.93. The van der Waals surface area contributed by atoms with Crippen LogP contribution in [0.2, 0.25) is 10.0 Å². The molecule has 0 N–H and O–H groups in total. The standard InChI is InChI=1S/C21H13Cl2N3/c22-16-7-8-17(18(23)11-16)21-25-19-10-15(12-24)6-9-20(19)26(21)13-14-4-2-1-3-5-14/h1-11H,13H2. The molecule has 3 aromatic carbocycles. The molecule has 0 saturated carbocycles. The van der Waals surface area contributed by atoms with Crippen LogP contribution in [0.3, 0.4) is 0 Å². The lowest BCUT2D eigenvalue weighted by Gasteiger charge is -2.11. The van der Waals surface area contributed by atoms with Gasteiger partial charge in [-0.3, -0.25) is 0 Å². The SMILES string of the molecule is N#Cc1ccc2c(c1)nc(-c1ccc(Cl)cc1Cl)n2Cc1ccccc1. The lowest BCUT2D eigenvalue weighted by molar-refractivity contribution is 0.834. The van der Waals surface area contributed by atoms with Crippen LogP contribution in [0.1, 0.15) is 11.1 Å². The Labute approximate surface area is 161 Å². The van der Waals surface area contributed by atoms with Gasteiger partial charge in [-0.25, -0.2) is 4.98 Å². The number of aromatic nitrogens is 2. The molecule has 0 amide bonds. The highest BCUT2D eigenvalue weighted by molar-refractivity contribution is 6.36. The Kier molecular flexibility index (Phi) is 4.38. The first kappa shape index (κ1) is 16.7. The highest BCUT2D eigenvalue weighted by atomic mass is 35.5. The maximum atomic E-state index is 9.18. The Bertz CT molecular complexity index is 1140. The van der Waals surface area contributed by atoms with Crippen molar-refractivity contribution in [3.63, 3.8) is 0 Å². The van der Waals surface area contributed by atoms with E-state index in [2.05, 4.69) is 22.8 Å². The second-order valence-corrected chi connectivity index (χ2v) is 6.79. The molecule has 0 bridgehead atoms. The highest BCUT2D eigenvalue weighted by Crippen LogP contribution is 2.33. The van der Waals surface area contributed by atoms with Crippen molar-refractivity contribution in [1.82, 2.24) is 9.55 Å². The Morgan fingerprint density at radius 2 is 1.77 bits per heavy atom. The third kappa shape index (κ3) is 3.06. The van der Waals surface area contributed by atoms with Crippen molar-refractivity contribution in [2.24, 2.45) is 0 Å². The minimum absolute atomic E-state index is 0.544. The van der Waals surface area contributed by atoms with Gasteiger partial charge in [-0.15, -0.1) is 0 Å². The van der Waals surface area contributed by atoms with Crippen LogP contribution in [0, 0.1) is 11.3 Å². The normalized spacial score (nSPS) is 10.8. The molecule has 126 valence electrons. The minimum atomic E-state index is 0.544. The molecule has 0 aliphatic rings. The molecule has 0 unspecified atom stereocenters. The van der Waals surface area contributed by atoms with Gasteiger partial charge in [0.25, 0.3) is 0 Å². The van der Waals surface area contributed by atoms with E-state index in [9.17, 15) is 5.26 Å². The van der Waals surface area contributed by atoms with Crippen molar-refractivity contribution in [2.75, 3.05) is 0 Å². The molecule has 3 nitrogen and oxygen atoms in total. The monoisotopic (exact) mass is 377 g/mol. The molecule has 0 aliphatic heterocycles. The van der Waals surface area contributed by atoms with Gasteiger partial charge in [0, 0.05) is 17.1 Å². The summed E-state index contributed by atoms with van der Waals surface area (Å²) in [5.41, 5.74) is 4.26. The van der Waals surface area contributed by atoms with Crippen LogP contribution < -0.4 is 0 Å². The number of imidazole rings is 1. The van der Waals surface area contributed by atoms with Crippen LogP contribution in [-0.2, 0) is 6.54 Å². The van der Waals surface area contributed by atoms with Crippen LogP contribution in [0.4, 0.5) is 0 Å². The number of hydrogen-bond acceptors (Lipinski definition) is 2. The summed E-state index contributed by atoms with van der Waals surface area (Å²) in [6.45, 7) is 0.650. The molecule has 5 heteroatoms. The van der Waals surface area contributed by atoms with E-state index in [0.717, 1.165) is 28.0 Å². The first-order chi connectivity index (χ1) is 12.7. The van der Waals surface area contributed by atoms with Crippen molar-refractivity contribution in [2.45, 2.75) is 6.54 Å². The third-order valence-electron chi connectivity index (χ3n) is 4.23. The Morgan fingerprint density at radius 1 is 0.962 bits per heavy atom. The summed E-state index contributed by atoms with van der Waals surface area (Å²) in [5, 5.41) is 10.3. The zero-order valence-corrected chi connectivity index (χ0v) is 15.2. The van der Waals surface area contributed by atoms with E-state index in [1.54, 1.807) is 24.3 Å². The number of halogens is 2. The van der Waals surface area contributed by atoms with Gasteiger partial charge in [0.15, 0.2) is 0 Å². The summed E-state index contributed by atoms with van der Waals surface area (Å²) in [6.07, 6.45) is 0. The fraction of sp³-hybridized carbons (Fsp3) is 0.0476. The van der Waals surface area contributed by atoms with E-state index in [0.29, 0.717) is 22.2 Å². The van der Waals surface area contributed by atoms with E-state index >= 15 is 0 Å². The number of hydrogen-bond donors (Lipinski definition) is 0. The van der Waals surface area contributed by atoms with Crippen LogP contribution in [0.15, 0.2) is 66.7 Å². The summed E-state index contributed by atoms with van der Waals surface area (Å²) >= 11 is 12.5. The van der Waals surface area contributed by atoms with Crippen LogP contribution >= 0.6 is 23.2 Å². The molecule has 4 rings (SSSR count). The highest BCUT2D eigenvalue weighted by Gasteiger charge is 2.16. The van der Waals surface area contributed by atoms with Crippen molar-refractivity contribution < 1.29 is 0 Å². The molecule has 26 heavy (non-hydrogen) atoms. The van der Waals surface area contributed by atoms with Gasteiger partial charge in [-0.1, -0.05) is 53.5 Å². The molecule has 0 atom stereocenters. The summed E-state index contributed by atoms with van der Waals surface area (Å²) < 4.78 is 2.11. The molecule has 0 fully saturated rings. The molecule has 0 aliphatic carbocycles. The number of nitriles is 1. The molecule has 1 aromatic heterocycles. The third-order valence-corrected chi connectivity index (χ3v) is 4.78. The van der Waals surface area contributed by atoms with E-state index in [4.69, 9.17) is 28.2 Å². The number of nitrogens with zero attached hydrogens (tertiary/aromatic N) is 3. The molecule has 1 heterocycles. The van der Waals surface area contributed by atoms with Crippen molar-refractivity contribution in [3.05, 3.63) is 87.9 Å². The Balaban J connectivity index is 1.95.